The van der Waals surface area contributed by atoms with Crippen LogP contribution in [0.1, 0.15) is 11.1 Å². The van der Waals surface area contributed by atoms with Crippen molar-refractivity contribution in [2.75, 3.05) is 11.0 Å². The normalized spacial score (nSPS) is 11.5. The highest BCUT2D eigenvalue weighted by atomic mass is 127. The molecule has 8 heteroatoms. The fourth-order valence-corrected chi connectivity index (χ4v) is 3.45. The third-order valence-corrected chi connectivity index (χ3v) is 4.62. The van der Waals surface area contributed by atoms with Crippen molar-refractivity contribution < 1.29 is 13.3 Å². The van der Waals surface area contributed by atoms with Crippen molar-refractivity contribution in [1.29, 1.82) is 0 Å². The quantitative estimate of drug-likeness (QED) is 0.364. The van der Waals surface area contributed by atoms with E-state index in [0.29, 0.717) is 22.1 Å². The molecule has 100 valence electrons. The second-order valence-corrected chi connectivity index (χ2v) is 6.54. The second kappa shape index (κ2) is 5.93. The van der Waals surface area contributed by atoms with E-state index in [1.807, 2.05) is 22.6 Å². The van der Waals surface area contributed by atoms with Gasteiger partial charge in [-0.25, -0.2) is 13.1 Å². The van der Waals surface area contributed by atoms with Gasteiger partial charge in [-0.05, 0) is 25.0 Å². The molecule has 6 nitrogen and oxygen atoms in total. The van der Waals surface area contributed by atoms with Gasteiger partial charge in [0, 0.05) is 23.1 Å². The average molecular weight is 384 g/mol. The number of halogens is 1. The van der Waals surface area contributed by atoms with Crippen LogP contribution in [0.25, 0.3) is 0 Å². The van der Waals surface area contributed by atoms with E-state index in [4.69, 9.17) is 0 Å². The summed E-state index contributed by atoms with van der Waals surface area (Å²) in [7, 11) is -3.69. The van der Waals surface area contributed by atoms with Gasteiger partial charge >= 0.3 is 0 Å². The molecule has 0 saturated carbocycles. The summed E-state index contributed by atoms with van der Waals surface area (Å²) in [6.45, 7) is 3.58. The first-order valence-corrected chi connectivity index (χ1v) is 8.11. The van der Waals surface area contributed by atoms with E-state index in [-0.39, 0.29) is 10.6 Å². The SMILES string of the molecule is Cc1cc([N+](=O)[O-])cc(S(=O)(=O)NCCI)c1C. The van der Waals surface area contributed by atoms with Gasteiger partial charge in [0.15, 0.2) is 0 Å². The van der Waals surface area contributed by atoms with Crippen molar-refractivity contribution >= 4 is 38.3 Å². The minimum absolute atomic E-state index is 0.0287. The Morgan fingerprint density at radius 3 is 2.50 bits per heavy atom. The van der Waals surface area contributed by atoms with Crippen LogP contribution in [0.4, 0.5) is 5.69 Å². The monoisotopic (exact) mass is 384 g/mol. The summed E-state index contributed by atoms with van der Waals surface area (Å²) in [5.41, 5.74) is 0.897. The van der Waals surface area contributed by atoms with E-state index in [2.05, 4.69) is 4.72 Å². The van der Waals surface area contributed by atoms with Crippen LogP contribution in [0.15, 0.2) is 17.0 Å². The minimum atomic E-state index is -3.69. The summed E-state index contributed by atoms with van der Waals surface area (Å²) in [5, 5.41) is 10.7. The number of nitrogens with one attached hydrogen (secondary N) is 1. The fraction of sp³-hybridized carbons (Fsp3) is 0.400. The van der Waals surface area contributed by atoms with Gasteiger partial charge in [-0.15, -0.1) is 0 Å². The molecule has 0 atom stereocenters. The number of aryl methyl sites for hydroxylation is 1. The molecule has 0 unspecified atom stereocenters. The summed E-state index contributed by atoms with van der Waals surface area (Å²) in [4.78, 5) is 10.1. The number of nitrogens with zero attached hydrogens (tertiary/aromatic N) is 1. The third-order valence-electron chi connectivity index (χ3n) is 2.49. The number of non-ortho nitro benzene ring substituents is 1. The molecule has 1 aromatic rings. The molecule has 0 saturated heterocycles. The number of hydrogen-bond acceptors (Lipinski definition) is 4. The van der Waals surface area contributed by atoms with E-state index >= 15 is 0 Å². The first-order chi connectivity index (χ1) is 8.29. The van der Waals surface area contributed by atoms with Crippen molar-refractivity contribution in [3.63, 3.8) is 0 Å². The molecule has 0 aliphatic carbocycles. The zero-order valence-corrected chi connectivity index (χ0v) is 12.9. The molecular weight excluding hydrogens is 371 g/mol. The van der Waals surface area contributed by atoms with E-state index in [1.165, 1.54) is 6.07 Å². The minimum Gasteiger partial charge on any atom is -0.258 e. The number of benzene rings is 1. The Hall–Kier alpha value is -0.740. The van der Waals surface area contributed by atoms with Gasteiger partial charge in [0.05, 0.1) is 9.82 Å². The zero-order chi connectivity index (χ0) is 13.9. The van der Waals surface area contributed by atoms with Crippen LogP contribution in [0, 0.1) is 24.0 Å². The van der Waals surface area contributed by atoms with Crippen LogP contribution < -0.4 is 4.72 Å². The number of hydrogen-bond donors (Lipinski definition) is 1. The van der Waals surface area contributed by atoms with Crippen LogP contribution in [-0.4, -0.2) is 24.3 Å². The van der Waals surface area contributed by atoms with Crippen molar-refractivity contribution in [3.05, 3.63) is 33.4 Å². The zero-order valence-electron chi connectivity index (χ0n) is 9.94. The van der Waals surface area contributed by atoms with Gasteiger partial charge in [0.25, 0.3) is 5.69 Å². The Morgan fingerprint density at radius 2 is 2.00 bits per heavy atom. The molecule has 0 bridgehead atoms. The highest BCUT2D eigenvalue weighted by molar-refractivity contribution is 14.1. The Bertz CT molecular complexity index is 571. The Kier molecular flexibility index (Phi) is 5.05. The van der Waals surface area contributed by atoms with Crippen LogP contribution in [0.5, 0.6) is 0 Å². The summed E-state index contributed by atoms with van der Waals surface area (Å²) >= 11 is 2.04. The number of alkyl halides is 1. The second-order valence-electron chi connectivity index (χ2n) is 3.73. The molecule has 0 aliphatic heterocycles. The molecule has 18 heavy (non-hydrogen) atoms. The van der Waals surface area contributed by atoms with Crippen LogP contribution in [0.2, 0.25) is 0 Å². The highest BCUT2D eigenvalue weighted by Crippen LogP contribution is 2.25. The maximum atomic E-state index is 12.0. The largest absolute Gasteiger partial charge is 0.271 e. The standard InChI is InChI=1S/C10H13IN2O4S/c1-7-5-9(13(14)15)6-10(8(7)2)18(16,17)12-4-3-11/h5-6,12H,3-4H2,1-2H3. The Labute approximate surface area is 119 Å². The average Bonchev–Trinajstić information content (AvgIpc) is 2.29. The Morgan fingerprint density at radius 1 is 1.39 bits per heavy atom. The van der Waals surface area contributed by atoms with Crippen molar-refractivity contribution in [3.8, 4) is 0 Å². The molecule has 0 heterocycles. The lowest BCUT2D eigenvalue weighted by Crippen LogP contribution is -2.26. The molecule has 0 amide bonds. The van der Waals surface area contributed by atoms with Crippen molar-refractivity contribution in [2.45, 2.75) is 18.7 Å². The molecular formula is C10H13IN2O4S. The maximum Gasteiger partial charge on any atom is 0.271 e. The van der Waals surface area contributed by atoms with Gasteiger partial charge in [0.1, 0.15) is 0 Å². The van der Waals surface area contributed by atoms with E-state index in [9.17, 15) is 18.5 Å². The van der Waals surface area contributed by atoms with Crippen LogP contribution >= 0.6 is 22.6 Å². The molecule has 0 aliphatic rings. The molecule has 1 aromatic carbocycles. The lowest BCUT2D eigenvalue weighted by molar-refractivity contribution is -0.385. The first-order valence-electron chi connectivity index (χ1n) is 5.11. The maximum absolute atomic E-state index is 12.0. The number of sulfonamides is 1. The molecule has 1 N–H and O–H groups in total. The van der Waals surface area contributed by atoms with Crippen LogP contribution in [-0.2, 0) is 10.0 Å². The predicted molar refractivity (Wildman–Crippen MR) is 76.6 cm³/mol. The van der Waals surface area contributed by atoms with Crippen molar-refractivity contribution in [2.24, 2.45) is 0 Å². The number of rotatable bonds is 5. The molecule has 0 spiro atoms. The molecule has 1 rings (SSSR count). The fourth-order valence-electron chi connectivity index (χ4n) is 1.44. The van der Waals surface area contributed by atoms with Gasteiger partial charge in [-0.3, -0.25) is 10.1 Å². The summed E-state index contributed by atoms with van der Waals surface area (Å²) in [5.74, 6) is 0. The van der Waals surface area contributed by atoms with Gasteiger partial charge in [-0.1, -0.05) is 22.6 Å². The first kappa shape index (κ1) is 15.3. The lowest BCUT2D eigenvalue weighted by Gasteiger charge is -2.10. The summed E-state index contributed by atoms with van der Waals surface area (Å²) < 4.78 is 27.0. The molecule has 0 aromatic heterocycles. The summed E-state index contributed by atoms with van der Waals surface area (Å²) in [6, 6.07) is 2.46. The lowest BCUT2D eigenvalue weighted by atomic mass is 10.1. The molecule has 0 radical (unpaired) electrons. The molecule has 0 fully saturated rings. The Balaban J connectivity index is 3.35. The summed E-state index contributed by atoms with van der Waals surface area (Å²) in [6.07, 6.45) is 0. The van der Waals surface area contributed by atoms with Gasteiger partial charge < -0.3 is 0 Å². The van der Waals surface area contributed by atoms with Gasteiger partial charge in [0.2, 0.25) is 10.0 Å². The van der Waals surface area contributed by atoms with Crippen LogP contribution in [0.3, 0.4) is 0 Å². The number of nitro groups is 1. The van der Waals surface area contributed by atoms with E-state index in [1.54, 1.807) is 13.8 Å². The topological polar surface area (TPSA) is 89.3 Å². The highest BCUT2D eigenvalue weighted by Gasteiger charge is 2.21. The van der Waals surface area contributed by atoms with E-state index in [0.717, 1.165) is 6.07 Å². The van der Waals surface area contributed by atoms with Gasteiger partial charge in [-0.2, -0.15) is 0 Å². The van der Waals surface area contributed by atoms with Crippen molar-refractivity contribution in [1.82, 2.24) is 4.72 Å². The van der Waals surface area contributed by atoms with E-state index < -0.39 is 14.9 Å². The number of nitro benzene ring substituents is 1. The predicted octanol–water partition coefficient (Wildman–Crippen LogP) is 1.92. The smallest absolute Gasteiger partial charge is 0.258 e. The third kappa shape index (κ3) is 3.39.